The minimum atomic E-state index is 0.719. The highest BCUT2D eigenvalue weighted by molar-refractivity contribution is 5.91. The predicted octanol–water partition coefficient (Wildman–Crippen LogP) is 3.66. The molecular weight excluding hydrogens is 262 g/mol. The molecule has 4 nitrogen and oxygen atoms in total. The van der Waals surface area contributed by atoms with Gasteiger partial charge in [0.15, 0.2) is 5.82 Å². The summed E-state index contributed by atoms with van der Waals surface area (Å²) in [5.41, 5.74) is 3.12. The molecule has 1 aromatic heterocycles. The second-order valence-corrected chi connectivity index (χ2v) is 4.89. The molecule has 2 aromatic carbocycles. The summed E-state index contributed by atoms with van der Waals surface area (Å²) in [5, 5.41) is 4.09. The van der Waals surface area contributed by atoms with Crippen LogP contribution < -0.4 is 10.1 Å². The second-order valence-electron chi connectivity index (χ2n) is 4.89. The maximum atomic E-state index is 5.27. The molecule has 0 aliphatic rings. The second kappa shape index (κ2) is 5.40. The van der Waals surface area contributed by atoms with E-state index in [2.05, 4.69) is 34.3 Å². The largest absolute Gasteiger partial charge is 0.497 e. The topological polar surface area (TPSA) is 47.0 Å². The molecule has 0 saturated carbocycles. The summed E-state index contributed by atoms with van der Waals surface area (Å²) in [5.74, 6) is 2.32. The van der Waals surface area contributed by atoms with E-state index in [4.69, 9.17) is 4.74 Å². The smallest absolute Gasteiger partial charge is 0.162 e. The lowest BCUT2D eigenvalue weighted by molar-refractivity contribution is 0.415. The van der Waals surface area contributed by atoms with Crippen molar-refractivity contribution in [3.63, 3.8) is 0 Å². The molecule has 0 atom stereocenters. The highest BCUT2D eigenvalue weighted by Gasteiger charge is 2.09. The van der Waals surface area contributed by atoms with Crippen molar-refractivity contribution >= 4 is 16.7 Å². The van der Waals surface area contributed by atoms with Crippen molar-refractivity contribution in [1.29, 1.82) is 0 Å². The third-order valence-electron chi connectivity index (χ3n) is 3.45. The fourth-order valence-corrected chi connectivity index (χ4v) is 2.26. The van der Waals surface area contributed by atoms with Crippen LogP contribution in [0.5, 0.6) is 5.75 Å². The molecule has 3 aromatic rings. The van der Waals surface area contributed by atoms with Crippen LogP contribution >= 0.6 is 0 Å². The van der Waals surface area contributed by atoms with E-state index >= 15 is 0 Å². The van der Waals surface area contributed by atoms with Gasteiger partial charge < -0.3 is 10.1 Å². The first-order valence-corrected chi connectivity index (χ1v) is 6.82. The number of nitrogens with zero attached hydrogens (tertiary/aromatic N) is 2. The maximum absolute atomic E-state index is 5.27. The van der Waals surface area contributed by atoms with Crippen molar-refractivity contribution in [2.45, 2.75) is 6.92 Å². The molecule has 21 heavy (non-hydrogen) atoms. The standard InChI is InChI=1S/C17H17N3O/c1-11-4-6-12(7-5-11)16-19-15-9-8-13(21-3)10-14(15)17(18-2)20-16/h4-10H,1-3H3,(H,18,19,20). The lowest BCUT2D eigenvalue weighted by Crippen LogP contribution is -1.99. The number of benzene rings is 2. The predicted molar refractivity (Wildman–Crippen MR) is 85.8 cm³/mol. The van der Waals surface area contributed by atoms with Crippen molar-refractivity contribution < 1.29 is 4.74 Å². The Labute approximate surface area is 123 Å². The number of hydrogen-bond donors (Lipinski definition) is 1. The van der Waals surface area contributed by atoms with E-state index in [1.165, 1.54) is 5.56 Å². The van der Waals surface area contributed by atoms with Gasteiger partial charge in [-0.2, -0.15) is 0 Å². The summed E-state index contributed by atoms with van der Waals surface area (Å²) >= 11 is 0. The van der Waals surface area contributed by atoms with Gasteiger partial charge in [-0.05, 0) is 25.1 Å². The zero-order valence-electron chi connectivity index (χ0n) is 12.3. The Bertz CT molecular complexity index is 782. The third kappa shape index (κ3) is 2.52. The molecule has 0 amide bonds. The molecule has 0 radical (unpaired) electrons. The lowest BCUT2D eigenvalue weighted by Gasteiger charge is -2.09. The van der Waals surface area contributed by atoms with Crippen LogP contribution in [0, 0.1) is 6.92 Å². The molecule has 106 valence electrons. The monoisotopic (exact) mass is 279 g/mol. The molecule has 4 heteroatoms. The highest BCUT2D eigenvalue weighted by atomic mass is 16.5. The van der Waals surface area contributed by atoms with Gasteiger partial charge in [0.25, 0.3) is 0 Å². The first-order valence-electron chi connectivity index (χ1n) is 6.82. The van der Waals surface area contributed by atoms with Crippen LogP contribution in [0.15, 0.2) is 42.5 Å². The number of anilines is 1. The van der Waals surface area contributed by atoms with Crippen LogP contribution in [0.3, 0.4) is 0 Å². The van der Waals surface area contributed by atoms with Crippen molar-refractivity contribution in [2.75, 3.05) is 19.5 Å². The number of fused-ring (bicyclic) bond motifs is 1. The number of aryl methyl sites for hydroxylation is 1. The van der Waals surface area contributed by atoms with Crippen LogP contribution in [0.4, 0.5) is 5.82 Å². The molecule has 0 aliphatic carbocycles. The van der Waals surface area contributed by atoms with E-state index in [-0.39, 0.29) is 0 Å². The minimum Gasteiger partial charge on any atom is -0.497 e. The molecule has 0 unspecified atom stereocenters. The van der Waals surface area contributed by atoms with Gasteiger partial charge in [0.1, 0.15) is 11.6 Å². The van der Waals surface area contributed by atoms with Crippen molar-refractivity contribution in [3.05, 3.63) is 48.0 Å². The van der Waals surface area contributed by atoms with E-state index < -0.39 is 0 Å². The van der Waals surface area contributed by atoms with Crippen LogP contribution in [0.2, 0.25) is 0 Å². The molecular formula is C17H17N3O. The molecule has 1 N–H and O–H groups in total. The summed E-state index contributed by atoms with van der Waals surface area (Å²) in [4.78, 5) is 9.27. The van der Waals surface area contributed by atoms with E-state index in [1.54, 1.807) is 7.11 Å². The van der Waals surface area contributed by atoms with Gasteiger partial charge in [0, 0.05) is 18.0 Å². The summed E-state index contributed by atoms with van der Waals surface area (Å²) in [7, 11) is 3.52. The Balaban J connectivity index is 2.19. The maximum Gasteiger partial charge on any atom is 0.162 e. The molecule has 0 fully saturated rings. The highest BCUT2D eigenvalue weighted by Crippen LogP contribution is 2.27. The molecule has 0 spiro atoms. The molecule has 3 rings (SSSR count). The molecule has 1 heterocycles. The molecule has 0 aliphatic heterocycles. The fraction of sp³-hybridized carbons (Fsp3) is 0.176. The van der Waals surface area contributed by atoms with Crippen molar-refractivity contribution in [3.8, 4) is 17.1 Å². The average Bonchev–Trinajstić information content (AvgIpc) is 2.54. The van der Waals surface area contributed by atoms with Gasteiger partial charge in [0.05, 0.1) is 12.6 Å². The number of methoxy groups -OCH3 is 1. The summed E-state index contributed by atoms with van der Waals surface area (Å²) in [6.07, 6.45) is 0. The van der Waals surface area contributed by atoms with E-state index in [0.29, 0.717) is 0 Å². The Kier molecular flexibility index (Phi) is 3.44. The first-order chi connectivity index (χ1) is 10.2. The van der Waals surface area contributed by atoms with Crippen molar-refractivity contribution in [2.24, 2.45) is 0 Å². The number of nitrogens with one attached hydrogen (secondary N) is 1. The van der Waals surface area contributed by atoms with Crippen LogP contribution in [-0.4, -0.2) is 24.1 Å². The quantitative estimate of drug-likeness (QED) is 0.795. The van der Waals surface area contributed by atoms with Gasteiger partial charge in [0.2, 0.25) is 0 Å². The summed E-state index contributed by atoms with van der Waals surface area (Å²) < 4.78 is 5.27. The number of aromatic nitrogens is 2. The Morgan fingerprint density at radius 2 is 1.76 bits per heavy atom. The van der Waals surface area contributed by atoms with Crippen LogP contribution in [0.1, 0.15) is 5.56 Å². The molecule has 0 bridgehead atoms. The van der Waals surface area contributed by atoms with Gasteiger partial charge in [-0.25, -0.2) is 9.97 Å². The summed E-state index contributed by atoms with van der Waals surface area (Å²) in [6, 6.07) is 14.0. The van der Waals surface area contributed by atoms with Crippen LogP contribution in [0.25, 0.3) is 22.3 Å². The fourth-order valence-electron chi connectivity index (χ4n) is 2.26. The van der Waals surface area contributed by atoms with E-state index in [1.807, 2.05) is 37.4 Å². The lowest BCUT2D eigenvalue weighted by atomic mass is 10.1. The van der Waals surface area contributed by atoms with Gasteiger partial charge in [-0.3, -0.25) is 0 Å². The third-order valence-corrected chi connectivity index (χ3v) is 3.45. The number of rotatable bonds is 3. The zero-order valence-corrected chi connectivity index (χ0v) is 12.3. The Morgan fingerprint density at radius 1 is 1.00 bits per heavy atom. The number of hydrogen-bond acceptors (Lipinski definition) is 4. The average molecular weight is 279 g/mol. The zero-order chi connectivity index (χ0) is 14.8. The van der Waals surface area contributed by atoms with Crippen molar-refractivity contribution in [1.82, 2.24) is 9.97 Å². The van der Waals surface area contributed by atoms with Gasteiger partial charge in [-0.15, -0.1) is 0 Å². The summed E-state index contributed by atoms with van der Waals surface area (Å²) in [6.45, 7) is 2.07. The Morgan fingerprint density at radius 3 is 2.43 bits per heavy atom. The number of ether oxygens (including phenoxy) is 1. The van der Waals surface area contributed by atoms with E-state index in [9.17, 15) is 0 Å². The Hall–Kier alpha value is -2.62. The van der Waals surface area contributed by atoms with Gasteiger partial charge in [-0.1, -0.05) is 29.8 Å². The van der Waals surface area contributed by atoms with E-state index in [0.717, 1.165) is 33.9 Å². The normalized spacial score (nSPS) is 10.6. The first kappa shape index (κ1) is 13.4. The van der Waals surface area contributed by atoms with Gasteiger partial charge >= 0.3 is 0 Å². The van der Waals surface area contributed by atoms with Crippen LogP contribution in [-0.2, 0) is 0 Å². The SMILES string of the molecule is CNc1nc(-c2ccc(C)cc2)nc2ccc(OC)cc12. The molecule has 0 saturated heterocycles. The minimum absolute atomic E-state index is 0.719.